The predicted molar refractivity (Wildman–Crippen MR) is 48.9 cm³/mol. The zero-order chi connectivity index (χ0) is 12.2. The van der Waals surface area contributed by atoms with Gasteiger partial charge in [0.25, 0.3) is 10.0 Å². The summed E-state index contributed by atoms with van der Waals surface area (Å²) < 4.78 is 46.9. The lowest BCUT2D eigenvalue weighted by atomic mass is 10.0. The van der Waals surface area contributed by atoms with Gasteiger partial charge in [-0.05, 0) is 5.92 Å². The van der Waals surface area contributed by atoms with E-state index < -0.39 is 33.7 Å². The quantitative estimate of drug-likeness (QED) is 0.718. The fourth-order valence-corrected chi connectivity index (χ4v) is 1.66. The van der Waals surface area contributed by atoms with Crippen LogP contribution in [0, 0.1) is 5.92 Å². The summed E-state index contributed by atoms with van der Waals surface area (Å²) in [4.78, 5) is 10.6. The lowest BCUT2D eigenvalue weighted by molar-refractivity contribution is -0.140. The van der Waals surface area contributed by atoms with Crippen molar-refractivity contribution in [2.45, 2.75) is 32.1 Å². The summed E-state index contributed by atoms with van der Waals surface area (Å²) in [6.45, 7) is 3.10. The Hall–Kier alpha value is -0.760. The smallest absolute Gasteiger partial charge is 0.350 e. The standard InChI is InChI=1S/C7H13F2NO4S/c1-3-4(2)5(6(11)12)10-15(13,14)7(8)9/h4-5,7,10H,3H2,1-2H3,(H,11,12). The van der Waals surface area contributed by atoms with Gasteiger partial charge in [-0.3, -0.25) is 4.79 Å². The van der Waals surface area contributed by atoms with E-state index in [0.717, 1.165) is 0 Å². The van der Waals surface area contributed by atoms with Crippen molar-refractivity contribution < 1.29 is 27.1 Å². The zero-order valence-electron chi connectivity index (χ0n) is 8.28. The number of nitrogens with one attached hydrogen (secondary N) is 1. The largest absolute Gasteiger partial charge is 0.480 e. The molecule has 5 nitrogen and oxygen atoms in total. The van der Waals surface area contributed by atoms with Crippen LogP contribution in [0.15, 0.2) is 0 Å². The maximum absolute atomic E-state index is 12.0. The molecule has 0 saturated carbocycles. The number of rotatable bonds is 6. The molecule has 8 heteroatoms. The molecule has 0 radical (unpaired) electrons. The Labute approximate surface area is 86.5 Å². The number of carboxylic acid groups (broad SMARTS) is 1. The van der Waals surface area contributed by atoms with Gasteiger partial charge in [0.15, 0.2) is 0 Å². The molecule has 0 fully saturated rings. The van der Waals surface area contributed by atoms with E-state index in [-0.39, 0.29) is 0 Å². The Kier molecular flexibility index (Phi) is 5.09. The van der Waals surface area contributed by atoms with Crippen molar-refractivity contribution >= 4 is 16.0 Å². The number of sulfonamides is 1. The Morgan fingerprint density at radius 2 is 1.93 bits per heavy atom. The number of halogens is 2. The van der Waals surface area contributed by atoms with Crippen LogP contribution in [0.4, 0.5) is 8.78 Å². The van der Waals surface area contributed by atoms with Gasteiger partial charge in [-0.2, -0.15) is 13.5 Å². The van der Waals surface area contributed by atoms with E-state index >= 15 is 0 Å². The van der Waals surface area contributed by atoms with Gasteiger partial charge in [-0.15, -0.1) is 0 Å². The van der Waals surface area contributed by atoms with Gasteiger partial charge < -0.3 is 5.11 Å². The highest BCUT2D eigenvalue weighted by atomic mass is 32.2. The van der Waals surface area contributed by atoms with E-state index in [0.29, 0.717) is 6.42 Å². The van der Waals surface area contributed by atoms with Gasteiger partial charge in [-0.1, -0.05) is 20.3 Å². The number of hydrogen-bond acceptors (Lipinski definition) is 3. The minimum absolute atomic E-state index is 0.364. The Bertz CT molecular complexity index is 317. The van der Waals surface area contributed by atoms with Crippen molar-refractivity contribution in [1.82, 2.24) is 4.72 Å². The number of carboxylic acids is 1. The molecule has 0 aliphatic carbocycles. The molecule has 0 amide bonds. The van der Waals surface area contributed by atoms with Crippen molar-refractivity contribution in [3.05, 3.63) is 0 Å². The maximum Gasteiger partial charge on any atom is 0.350 e. The maximum atomic E-state index is 12.0. The second-order valence-corrected chi connectivity index (χ2v) is 4.81. The van der Waals surface area contributed by atoms with Crippen molar-refractivity contribution in [3.8, 4) is 0 Å². The van der Waals surface area contributed by atoms with Crippen LogP contribution >= 0.6 is 0 Å². The molecule has 0 bridgehead atoms. The average Bonchev–Trinajstić information content (AvgIpc) is 2.12. The summed E-state index contributed by atoms with van der Waals surface area (Å²) in [7, 11) is -4.86. The minimum atomic E-state index is -4.86. The normalized spacial score (nSPS) is 16.3. The van der Waals surface area contributed by atoms with Crippen LogP contribution in [-0.4, -0.2) is 31.3 Å². The van der Waals surface area contributed by atoms with Crippen LogP contribution in [0.3, 0.4) is 0 Å². The molecule has 0 aromatic carbocycles. The van der Waals surface area contributed by atoms with Gasteiger partial charge in [0.05, 0.1) is 0 Å². The number of alkyl halides is 2. The van der Waals surface area contributed by atoms with E-state index in [1.807, 2.05) is 0 Å². The first-order chi connectivity index (χ1) is 6.72. The van der Waals surface area contributed by atoms with E-state index in [4.69, 9.17) is 5.11 Å². The summed E-state index contributed by atoms with van der Waals surface area (Å²) in [6, 6.07) is -1.52. The van der Waals surface area contributed by atoms with E-state index in [1.54, 1.807) is 6.92 Å². The lowest BCUT2D eigenvalue weighted by Crippen LogP contribution is -2.46. The average molecular weight is 245 g/mol. The molecule has 0 aromatic heterocycles. The second-order valence-electron chi connectivity index (χ2n) is 3.12. The molecule has 15 heavy (non-hydrogen) atoms. The van der Waals surface area contributed by atoms with Crippen LogP contribution in [0.2, 0.25) is 0 Å². The van der Waals surface area contributed by atoms with E-state index in [1.165, 1.54) is 11.6 Å². The molecule has 0 spiro atoms. The second kappa shape index (κ2) is 5.36. The minimum Gasteiger partial charge on any atom is -0.480 e. The fourth-order valence-electron chi connectivity index (χ4n) is 0.874. The van der Waals surface area contributed by atoms with Crippen molar-refractivity contribution in [2.75, 3.05) is 0 Å². The van der Waals surface area contributed by atoms with Crippen molar-refractivity contribution in [1.29, 1.82) is 0 Å². The molecule has 0 saturated heterocycles. The van der Waals surface area contributed by atoms with Crippen LogP contribution in [-0.2, 0) is 14.8 Å². The van der Waals surface area contributed by atoms with Gasteiger partial charge in [0.2, 0.25) is 0 Å². The van der Waals surface area contributed by atoms with Crippen LogP contribution in [0.25, 0.3) is 0 Å². The Morgan fingerprint density at radius 1 is 1.47 bits per heavy atom. The monoisotopic (exact) mass is 245 g/mol. The fraction of sp³-hybridized carbons (Fsp3) is 0.857. The number of carbonyl (C=O) groups is 1. The first-order valence-electron chi connectivity index (χ1n) is 4.24. The number of hydrogen-bond donors (Lipinski definition) is 2. The molecule has 2 N–H and O–H groups in total. The summed E-state index contributed by atoms with van der Waals surface area (Å²) in [5.74, 6) is -5.65. The molecule has 90 valence electrons. The third-order valence-corrected chi connectivity index (χ3v) is 3.06. The third-order valence-electron chi connectivity index (χ3n) is 2.00. The Balaban J connectivity index is 4.78. The van der Waals surface area contributed by atoms with Gasteiger partial charge >= 0.3 is 11.7 Å². The van der Waals surface area contributed by atoms with Crippen LogP contribution in [0.1, 0.15) is 20.3 Å². The topological polar surface area (TPSA) is 83.5 Å². The first kappa shape index (κ1) is 14.2. The first-order valence-corrected chi connectivity index (χ1v) is 5.79. The van der Waals surface area contributed by atoms with Gasteiger partial charge in [-0.25, -0.2) is 8.42 Å². The summed E-state index contributed by atoms with van der Waals surface area (Å²) in [6.07, 6.45) is 0.364. The third kappa shape index (κ3) is 4.08. The molecular weight excluding hydrogens is 232 g/mol. The molecule has 2 atom stereocenters. The molecule has 0 heterocycles. The molecule has 0 aromatic rings. The molecule has 0 aliphatic heterocycles. The van der Waals surface area contributed by atoms with E-state index in [2.05, 4.69) is 0 Å². The zero-order valence-corrected chi connectivity index (χ0v) is 9.09. The molecule has 0 rings (SSSR count). The van der Waals surface area contributed by atoms with Crippen molar-refractivity contribution in [2.24, 2.45) is 5.92 Å². The van der Waals surface area contributed by atoms with Crippen LogP contribution < -0.4 is 4.72 Å². The highest BCUT2D eigenvalue weighted by Gasteiger charge is 2.33. The van der Waals surface area contributed by atoms with Crippen LogP contribution in [0.5, 0.6) is 0 Å². The highest BCUT2D eigenvalue weighted by molar-refractivity contribution is 7.89. The molecular formula is C7H13F2NO4S. The summed E-state index contributed by atoms with van der Waals surface area (Å²) in [5.41, 5.74) is 0. The highest BCUT2D eigenvalue weighted by Crippen LogP contribution is 2.11. The summed E-state index contributed by atoms with van der Waals surface area (Å²) >= 11 is 0. The molecule has 0 aliphatic rings. The van der Waals surface area contributed by atoms with Crippen molar-refractivity contribution in [3.63, 3.8) is 0 Å². The van der Waals surface area contributed by atoms with Gasteiger partial charge in [0, 0.05) is 0 Å². The SMILES string of the molecule is CCC(C)C(NS(=O)(=O)C(F)F)C(=O)O. The number of aliphatic carboxylic acids is 1. The lowest BCUT2D eigenvalue weighted by Gasteiger charge is -2.19. The predicted octanol–water partition coefficient (Wildman–Crippen LogP) is 0.628. The van der Waals surface area contributed by atoms with E-state index in [9.17, 15) is 22.0 Å². The Morgan fingerprint density at radius 3 is 2.20 bits per heavy atom. The van der Waals surface area contributed by atoms with Gasteiger partial charge in [0.1, 0.15) is 6.04 Å². The molecule has 2 unspecified atom stereocenters. The summed E-state index contributed by atoms with van der Waals surface area (Å²) in [5, 5.41) is 8.65.